The maximum Gasteiger partial charge on any atom is 0.0351 e. The summed E-state index contributed by atoms with van der Waals surface area (Å²) in [5.41, 5.74) is 8.39. The number of nitrogens with two attached hydrogens (primary N) is 1. The fraction of sp³-hybridized carbons (Fsp3) is 0.286. The molecule has 0 aliphatic heterocycles. The van der Waals surface area contributed by atoms with Crippen molar-refractivity contribution in [3.8, 4) is 10.4 Å². The highest BCUT2D eigenvalue weighted by Crippen LogP contribution is 2.30. The van der Waals surface area contributed by atoms with Crippen molar-refractivity contribution in [2.75, 3.05) is 6.54 Å². The molecule has 2 aromatic rings. The third-order valence-electron chi connectivity index (χ3n) is 2.73. The van der Waals surface area contributed by atoms with E-state index in [-0.39, 0.29) is 0 Å². The molecule has 3 heteroatoms. The van der Waals surface area contributed by atoms with Crippen LogP contribution in [0.25, 0.3) is 16.5 Å². The van der Waals surface area contributed by atoms with Gasteiger partial charge in [-0.2, -0.15) is 0 Å². The van der Waals surface area contributed by atoms with Crippen molar-refractivity contribution >= 4 is 28.7 Å². The molecule has 0 radical (unpaired) electrons. The summed E-state index contributed by atoms with van der Waals surface area (Å²) in [6, 6.07) is 6.49. The summed E-state index contributed by atoms with van der Waals surface area (Å²) in [6.45, 7) is 5.02. The Kier molecular flexibility index (Phi) is 4.15. The third kappa shape index (κ3) is 3.06. The van der Waals surface area contributed by atoms with Crippen molar-refractivity contribution in [3.63, 3.8) is 0 Å². The van der Waals surface area contributed by atoms with Crippen LogP contribution in [0.2, 0.25) is 0 Å². The highest BCUT2D eigenvalue weighted by Gasteiger charge is 2.05. The van der Waals surface area contributed by atoms with Gasteiger partial charge in [0.1, 0.15) is 0 Å². The zero-order chi connectivity index (χ0) is 12.3. The molecule has 0 aromatic carbocycles. The molecule has 0 atom stereocenters. The number of hydrogen-bond acceptors (Lipinski definition) is 3. The van der Waals surface area contributed by atoms with E-state index in [0.29, 0.717) is 12.5 Å². The molecule has 2 rings (SSSR count). The van der Waals surface area contributed by atoms with E-state index in [1.807, 2.05) is 0 Å². The monoisotopic (exact) mass is 263 g/mol. The smallest absolute Gasteiger partial charge is 0.0351 e. The average molecular weight is 263 g/mol. The van der Waals surface area contributed by atoms with E-state index >= 15 is 0 Å². The van der Waals surface area contributed by atoms with Gasteiger partial charge in [-0.3, -0.25) is 0 Å². The minimum Gasteiger partial charge on any atom is -0.327 e. The molecule has 90 valence electrons. The fourth-order valence-corrected chi connectivity index (χ4v) is 3.31. The van der Waals surface area contributed by atoms with Gasteiger partial charge in [0.25, 0.3) is 0 Å². The second kappa shape index (κ2) is 5.63. The lowest BCUT2D eigenvalue weighted by atomic mass is 10.0. The lowest BCUT2D eigenvalue weighted by Gasteiger charge is -2.07. The third-order valence-corrected chi connectivity index (χ3v) is 4.53. The molecular formula is C14H17NS2. The quantitative estimate of drug-likeness (QED) is 0.865. The van der Waals surface area contributed by atoms with Gasteiger partial charge in [0, 0.05) is 21.9 Å². The van der Waals surface area contributed by atoms with Gasteiger partial charge < -0.3 is 5.73 Å². The Labute approximate surface area is 111 Å². The highest BCUT2D eigenvalue weighted by atomic mass is 32.1. The molecule has 2 aromatic heterocycles. The molecule has 0 fully saturated rings. The largest absolute Gasteiger partial charge is 0.327 e. The summed E-state index contributed by atoms with van der Waals surface area (Å²) < 4.78 is 0. The summed E-state index contributed by atoms with van der Waals surface area (Å²) in [4.78, 5) is 2.63. The minimum absolute atomic E-state index is 0.521. The summed E-state index contributed by atoms with van der Waals surface area (Å²) in [7, 11) is 0. The molecule has 2 heterocycles. The lowest BCUT2D eigenvalue weighted by molar-refractivity contribution is 0.753. The van der Waals surface area contributed by atoms with Crippen LogP contribution >= 0.6 is 22.7 Å². The summed E-state index contributed by atoms with van der Waals surface area (Å²) in [6.07, 6.45) is 2.23. The maximum absolute atomic E-state index is 5.76. The first kappa shape index (κ1) is 12.6. The molecule has 0 aliphatic rings. The van der Waals surface area contributed by atoms with Crippen LogP contribution in [0.15, 0.2) is 34.5 Å². The van der Waals surface area contributed by atoms with Gasteiger partial charge in [0.15, 0.2) is 0 Å². The Morgan fingerprint density at radius 3 is 2.82 bits per heavy atom. The van der Waals surface area contributed by atoms with Crippen LogP contribution in [-0.4, -0.2) is 6.54 Å². The molecule has 0 saturated heterocycles. The second-order valence-corrected chi connectivity index (χ2v) is 6.18. The standard InChI is InChI=1S/C14H17NS2/c1-10(2)11(8-15)6-13-7-12(9-17-13)14-4-3-5-16-14/h3-7,9-10H,8,15H2,1-2H3. The molecule has 1 nitrogen and oxygen atoms in total. The number of rotatable bonds is 4. The maximum atomic E-state index is 5.76. The van der Waals surface area contributed by atoms with Crippen molar-refractivity contribution in [2.45, 2.75) is 13.8 Å². The molecule has 0 aliphatic carbocycles. The highest BCUT2D eigenvalue weighted by molar-refractivity contribution is 7.15. The van der Waals surface area contributed by atoms with Crippen molar-refractivity contribution in [1.82, 2.24) is 0 Å². The fourth-order valence-electron chi connectivity index (χ4n) is 1.64. The molecule has 0 spiro atoms. The molecule has 0 saturated carbocycles. The topological polar surface area (TPSA) is 26.0 Å². The summed E-state index contributed by atoms with van der Waals surface area (Å²) >= 11 is 3.57. The molecule has 0 unspecified atom stereocenters. The van der Waals surface area contributed by atoms with Crippen LogP contribution in [0, 0.1) is 5.92 Å². The Morgan fingerprint density at radius 1 is 1.41 bits per heavy atom. The van der Waals surface area contributed by atoms with Gasteiger partial charge in [-0.25, -0.2) is 0 Å². The van der Waals surface area contributed by atoms with Crippen molar-refractivity contribution in [3.05, 3.63) is 39.4 Å². The number of hydrogen-bond donors (Lipinski definition) is 1. The zero-order valence-electron chi connectivity index (χ0n) is 10.1. The van der Waals surface area contributed by atoms with E-state index in [4.69, 9.17) is 5.73 Å². The van der Waals surface area contributed by atoms with Crippen LogP contribution in [0.5, 0.6) is 0 Å². The van der Waals surface area contributed by atoms with E-state index < -0.39 is 0 Å². The normalized spacial score (nSPS) is 12.4. The lowest BCUT2D eigenvalue weighted by Crippen LogP contribution is -2.07. The predicted molar refractivity (Wildman–Crippen MR) is 79.5 cm³/mol. The van der Waals surface area contributed by atoms with Crippen LogP contribution in [0.1, 0.15) is 18.7 Å². The minimum atomic E-state index is 0.521. The first-order chi connectivity index (χ1) is 8.20. The van der Waals surface area contributed by atoms with Gasteiger partial charge in [-0.15, -0.1) is 22.7 Å². The average Bonchev–Trinajstić information content (AvgIpc) is 2.95. The number of thiophene rings is 2. The van der Waals surface area contributed by atoms with Gasteiger partial charge in [0.05, 0.1) is 0 Å². The van der Waals surface area contributed by atoms with Gasteiger partial charge >= 0.3 is 0 Å². The summed E-state index contributed by atoms with van der Waals surface area (Å²) in [5.74, 6) is 0.521. The Balaban J connectivity index is 2.24. The Hall–Kier alpha value is -0.900. The molecule has 0 bridgehead atoms. The molecular weight excluding hydrogens is 246 g/mol. The SMILES string of the molecule is CC(C)C(=Cc1cc(-c2cccs2)cs1)CN. The van der Waals surface area contributed by atoms with E-state index in [2.05, 4.69) is 48.9 Å². The van der Waals surface area contributed by atoms with E-state index in [1.165, 1.54) is 20.9 Å². The predicted octanol–water partition coefficient (Wildman–Crippen LogP) is 4.47. The molecule has 2 N–H and O–H groups in total. The van der Waals surface area contributed by atoms with Crippen molar-refractivity contribution < 1.29 is 0 Å². The van der Waals surface area contributed by atoms with Gasteiger partial charge in [-0.1, -0.05) is 25.5 Å². The Morgan fingerprint density at radius 2 is 2.24 bits per heavy atom. The van der Waals surface area contributed by atoms with Gasteiger partial charge in [-0.05, 0) is 34.9 Å². The first-order valence-corrected chi connectivity index (χ1v) is 7.49. The van der Waals surface area contributed by atoms with Gasteiger partial charge in [0.2, 0.25) is 0 Å². The van der Waals surface area contributed by atoms with E-state index in [9.17, 15) is 0 Å². The summed E-state index contributed by atoms with van der Waals surface area (Å²) in [5, 5.41) is 4.33. The van der Waals surface area contributed by atoms with Crippen LogP contribution < -0.4 is 5.73 Å². The Bertz CT molecular complexity index is 492. The van der Waals surface area contributed by atoms with Crippen LogP contribution in [0.3, 0.4) is 0 Å². The van der Waals surface area contributed by atoms with E-state index in [1.54, 1.807) is 22.7 Å². The molecule has 0 amide bonds. The van der Waals surface area contributed by atoms with E-state index in [0.717, 1.165) is 0 Å². The zero-order valence-corrected chi connectivity index (χ0v) is 11.8. The van der Waals surface area contributed by atoms with Crippen LogP contribution in [0.4, 0.5) is 0 Å². The van der Waals surface area contributed by atoms with Crippen LogP contribution in [-0.2, 0) is 0 Å². The molecule has 17 heavy (non-hydrogen) atoms. The first-order valence-electron chi connectivity index (χ1n) is 5.73. The van der Waals surface area contributed by atoms with Crippen molar-refractivity contribution in [1.29, 1.82) is 0 Å². The van der Waals surface area contributed by atoms with Crippen molar-refractivity contribution in [2.24, 2.45) is 11.7 Å². The second-order valence-electron chi connectivity index (χ2n) is 4.29.